The van der Waals surface area contributed by atoms with Gasteiger partial charge < -0.3 is 25.4 Å². The van der Waals surface area contributed by atoms with Gasteiger partial charge in [0.15, 0.2) is 0 Å². The molecular weight excluding hydrogens is 382 g/mol. The van der Waals surface area contributed by atoms with Crippen LogP contribution in [0.3, 0.4) is 0 Å². The van der Waals surface area contributed by atoms with Gasteiger partial charge in [-0.2, -0.15) is 0 Å². The summed E-state index contributed by atoms with van der Waals surface area (Å²) in [6.07, 6.45) is 2.38. The maximum absolute atomic E-state index is 12.4. The first-order valence-corrected chi connectivity index (χ1v) is 10.4. The number of rotatable bonds is 10. The van der Waals surface area contributed by atoms with E-state index in [0.717, 1.165) is 38.1 Å². The standard InChI is InChI=1S/C23H29N3O4/c1-2-13-24-14-16-29-20-11-5-17(6-12-20)22(27)25-18-7-9-19(10-8-18)26-23(28)21-4-3-15-30-21/h5-12,21,24H,2-4,13-16H2,1H3,(H,25,27)(H,26,28). The van der Waals surface area contributed by atoms with Crippen molar-refractivity contribution in [1.82, 2.24) is 5.32 Å². The minimum absolute atomic E-state index is 0.132. The molecule has 3 N–H and O–H groups in total. The third-order valence-electron chi connectivity index (χ3n) is 4.72. The molecule has 1 unspecified atom stereocenters. The van der Waals surface area contributed by atoms with Crippen molar-refractivity contribution in [2.24, 2.45) is 0 Å². The summed E-state index contributed by atoms with van der Waals surface area (Å²) in [5, 5.41) is 8.96. The Morgan fingerprint density at radius 3 is 2.33 bits per heavy atom. The van der Waals surface area contributed by atoms with Crippen LogP contribution in [-0.2, 0) is 9.53 Å². The lowest BCUT2D eigenvalue weighted by Gasteiger charge is -2.11. The van der Waals surface area contributed by atoms with E-state index in [9.17, 15) is 9.59 Å². The topological polar surface area (TPSA) is 88.7 Å². The number of benzene rings is 2. The van der Waals surface area contributed by atoms with Gasteiger partial charge in [0.25, 0.3) is 11.8 Å². The molecule has 1 atom stereocenters. The molecule has 1 aliphatic heterocycles. The molecule has 0 saturated carbocycles. The van der Waals surface area contributed by atoms with Gasteiger partial charge in [0, 0.05) is 30.1 Å². The fourth-order valence-corrected chi connectivity index (χ4v) is 3.09. The molecule has 0 spiro atoms. The van der Waals surface area contributed by atoms with Crippen LogP contribution in [-0.4, -0.2) is 44.2 Å². The highest BCUT2D eigenvalue weighted by molar-refractivity contribution is 6.04. The number of nitrogens with one attached hydrogen (secondary N) is 3. The van der Waals surface area contributed by atoms with E-state index >= 15 is 0 Å². The van der Waals surface area contributed by atoms with E-state index in [4.69, 9.17) is 9.47 Å². The van der Waals surface area contributed by atoms with Gasteiger partial charge in [-0.05, 0) is 74.3 Å². The SMILES string of the molecule is CCCNCCOc1ccc(C(=O)Nc2ccc(NC(=O)C3CCCO3)cc2)cc1. The molecule has 2 amide bonds. The number of carbonyl (C=O) groups excluding carboxylic acids is 2. The number of carbonyl (C=O) groups is 2. The quantitative estimate of drug-likeness (QED) is 0.521. The Bertz CT molecular complexity index is 815. The van der Waals surface area contributed by atoms with E-state index in [-0.39, 0.29) is 17.9 Å². The maximum atomic E-state index is 12.4. The minimum Gasteiger partial charge on any atom is -0.492 e. The van der Waals surface area contributed by atoms with Crippen LogP contribution in [0.2, 0.25) is 0 Å². The summed E-state index contributed by atoms with van der Waals surface area (Å²) in [6, 6.07) is 14.1. The minimum atomic E-state index is -0.371. The molecule has 1 aliphatic rings. The van der Waals surface area contributed by atoms with Gasteiger partial charge in [-0.1, -0.05) is 6.92 Å². The largest absolute Gasteiger partial charge is 0.492 e. The van der Waals surface area contributed by atoms with E-state index in [0.29, 0.717) is 30.2 Å². The number of hydrogen-bond donors (Lipinski definition) is 3. The van der Waals surface area contributed by atoms with Crippen LogP contribution in [0, 0.1) is 0 Å². The van der Waals surface area contributed by atoms with Crippen LogP contribution in [0.25, 0.3) is 0 Å². The third-order valence-corrected chi connectivity index (χ3v) is 4.72. The van der Waals surface area contributed by atoms with Crippen molar-refractivity contribution in [3.05, 3.63) is 54.1 Å². The highest BCUT2D eigenvalue weighted by atomic mass is 16.5. The first-order valence-electron chi connectivity index (χ1n) is 10.4. The zero-order valence-corrected chi connectivity index (χ0v) is 17.3. The summed E-state index contributed by atoms with van der Waals surface area (Å²) >= 11 is 0. The van der Waals surface area contributed by atoms with Crippen LogP contribution < -0.4 is 20.7 Å². The van der Waals surface area contributed by atoms with Crippen LogP contribution in [0.15, 0.2) is 48.5 Å². The first kappa shape index (κ1) is 21.8. The zero-order chi connectivity index (χ0) is 21.2. The molecule has 1 fully saturated rings. The summed E-state index contributed by atoms with van der Waals surface area (Å²) in [5.41, 5.74) is 1.86. The Morgan fingerprint density at radius 2 is 1.70 bits per heavy atom. The van der Waals surface area contributed by atoms with E-state index in [1.165, 1.54) is 0 Å². The summed E-state index contributed by atoms with van der Waals surface area (Å²) in [7, 11) is 0. The van der Waals surface area contributed by atoms with E-state index in [1.54, 1.807) is 48.5 Å². The van der Waals surface area contributed by atoms with E-state index < -0.39 is 0 Å². The second kappa shape index (κ2) is 11.3. The molecule has 0 aromatic heterocycles. The Morgan fingerprint density at radius 1 is 1.00 bits per heavy atom. The molecule has 7 nitrogen and oxygen atoms in total. The molecule has 1 saturated heterocycles. The Balaban J connectivity index is 1.46. The van der Waals surface area contributed by atoms with Crippen molar-refractivity contribution < 1.29 is 19.1 Å². The lowest BCUT2D eigenvalue weighted by molar-refractivity contribution is -0.124. The fraction of sp³-hybridized carbons (Fsp3) is 0.391. The average Bonchev–Trinajstić information content (AvgIpc) is 3.30. The van der Waals surface area contributed by atoms with Crippen molar-refractivity contribution in [2.75, 3.05) is 36.9 Å². The molecule has 7 heteroatoms. The second-order valence-electron chi connectivity index (χ2n) is 7.15. The number of amides is 2. The number of ether oxygens (including phenoxy) is 2. The summed E-state index contributed by atoms with van der Waals surface area (Å²) in [6.45, 7) is 5.11. The summed E-state index contributed by atoms with van der Waals surface area (Å²) in [4.78, 5) is 24.5. The van der Waals surface area contributed by atoms with Gasteiger partial charge in [-0.15, -0.1) is 0 Å². The molecular formula is C23H29N3O4. The zero-order valence-electron chi connectivity index (χ0n) is 17.3. The average molecular weight is 412 g/mol. The summed E-state index contributed by atoms with van der Waals surface area (Å²) in [5.74, 6) is 0.395. The van der Waals surface area contributed by atoms with E-state index in [1.807, 2.05) is 0 Å². The highest BCUT2D eigenvalue weighted by Crippen LogP contribution is 2.18. The lowest BCUT2D eigenvalue weighted by atomic mass is 10.2. The molecule has 0 radical (unpaired) electrons. The monoisotopic (exact) mass is 411 g/mol. The van der Waals surface area contributed by atoms with Crippen molar-refractivity contribution in [3.8, 4) is 5.75 Å². The van der Waals surface area contributed by atoms with Crippen LogP contribution in [0.5, 0.6) is 5.75 Å². The molecule has 160 valence electrons. The van der Waals surface area contributed by atoms with Crippen molar-refractivity contribution in [1.29, 1.82) is 0 Å². The molecule has 30 heavy (non-hydrogen) atoms. The normalized spacial score (nSPS) is 15.6. The smallest absolute Gasteiger partial charge is 0.255 e. The van der Waals surface area contributed by atoms with Crippen LogP contribution in [0.1, 0.15) is 36.5 Å². The van der Waals surface area contributed by atoms with Gasteiger partial charge >= 0.3 is 0 Å². The first-order chi connectivity index (χ1) is 14.7. The van der Waals surface area contributed by atoms with Gasteiger partial charge in [0.05, 0.1) is 0 Å². The predicted molar refractivity (Wildman–Crippen MR) is 117 cm³/mol. The van der Waals surface area contributed by atoms with Gasteiger partial charge in [0.2, 0.25) is 0 Å². The molecule has 1 heterocycles. The number of hydrogen-bond acceptors (Lipinski definition) is 5. The van der Waals surface area contributed by atoms with Crippen molar-refractivity contribution in [3.63, 3.8) is 0 Å². The molecule has 0 aliphatic carbocycles. The molecule has 2 aromatic carbocycles. The predicted octanol–water partition coefficient (Wildman–Crippen LogP) is 3.43. The van der Waals surface area contributed by atoms with Gasteiger partial charge in [-0.3, -0.25) is 9.59 Å². The Hall–Kier alpha value is -2.90. The van der Waals surface area contributed by atoms with Gasteiger partial charge in [0.1, 0.15) is 18.5 Å². The van der Waals surface area contributed by atoms with Gasteiger partial charge in [-0.25, -0.2) is 0 Å². The second-order valence-corrected chi connectivity index (χ2v) is 7.15. The van der Waals surface area contributed by atoms with Crippen molar-refractivity contribution >= 4 is 23.2 Å². The van der Waals surface area contributed by atoms with Crippen LogP contribution in [0.4, 0.5) is 11.4 Å². The maximum Gasteiger partial charge on any atom is 0.255 e. The number of anilines is 2. The fourth-order valence-electron chi connectivity index (χ4n) is 3.09. The molecule has 3 rings (SSSR count). The molecule has 2 aromatic rings. The Kier molecular flexibility index (Phi) is 8.23. The highest BCUT2D eigenvalue weighted by Gasteiger charge is 2.23. The van der Waals surface area contributed by atoms with E-state index in [2.05, 4.69) is 22.9 Å². The third kappa shape index (κ3) is 6.57. The van der Waals surface area contributed by atoms with Crippen LogP contribution >= 0.6 is 0 Å². The van der Waals surface area contributed by atoms with Crippen molar-refractivity contribution in [2.45, 2.75) is 32.3 Å². The summed E-state index contributed by atoms with van der Waals surface area (Å²) < 4.78 is 11.0. The Labute approximate surface area is 177 Å². The lowest BCUT2D eigenvalue weighted by Crippen LogP contribution is -2.26. The molecule has 0 bridgehead atoms.